The molecule has 2 aliphatic heterocycles. The van der Waals surface area contributed by atoms with Crippen molar-refractivity contribution >= 4 is 28.1 Å². The van der Waals surface area contributed by atoms with Crippen molar-refractivity contribution in [3.63, 3.8) is 0 Å². The van der Waals surface area contributed by atoms with Gasteiger partial charge in [0.2, 0.25) is 0 Å². The van der Waals surface area contributed by atoms with Crippen LogP contribution in [0.15, 0.2) is 24.3 Å². The molecule has 0 unspecified atom stereocenters. The molecule has 2 fully saturated rings. The summed E-state index contributed by atoms with van der Waals surface area (Å²) in [4.78, 5) is 0. The number of benzene rings is 1. The molecule has 3 rings (SSSR count). The fourth-order valence-electron chi connectivity index (χ4n) is 2.05. The Bertz CT molecular complexity index is 408. The Morgan fingerprint density at radius 3 is 1.62 bits per heavy atom. The van der Waals surface area contributed by atoms with E-state index in [2.05, 4.69) is 24.6 Å². The second-order valence-electron chi connectivity index (χ2n) is 6.66. The van der Waals surface area contributed by atoms with E-state index in [1.807, 2.05) is 41.0 Å². The van der Waals surface area contributed by atoms with E-state index in [0.717, 1.165) is 32.1 Å². The predicted octanol–water partition coefficient (Wildman–Crippen LogP) is 1.66. The van der Waals surface area contributed by atoms with E-state index < -0.39 is 0 Å². The van der Waals surface area contributed by atoms with E-state index in [1.54, 1.807) is 0 Å². The van der Waals surface area contributed by atoms with Gasteiger partial charge in [0.05, 0.1) is 0 Å². The summed E-state index contributed by atoms with van der Waals surface area (Å²) in [5.41, 5.74) is 9.37. The van der Waals surface area contributed by atoms with Crippen LogP contribution in [0.1, 0.15) is 46.5 Å². The number of hydrogen-bond acceptors (Lipinski definition) is 3. The molecule has 2 heterocycles. The summed E-state index contributed by atoms with van der Waals surface area (Å²) in [6.45, 7) is 10.4. The first-order chi connectivity index (χ1) is 10.9. The molecular weight excluding hydrogens is 372 g/mol. The molecule has 2 saturated heterocycles. The van der Waals surface area contributed by atoms with Gasteiger partial charge < -0.3 is 9.47 Å². The van der Waals surface area contributed by atoms with Gasteiger partial charge in [-0.05, 0) is 25.7 Å². The summed E-state index contributed by atoms with van der Waals surface area (Å²) in [5.74, 6) is 0. The Balaban J connectivity index is 0.000000393. The molecule has 3 radical (unpaired) electrons. The normalized spacial score (nSPS) is 16.2. The zero-order valence-corrected chi connectivity index (χ0v) is 19.8. The van der Waals surface area contributed by atoms with Crippen LogP contribution in [0.2, 0.25) is 0 Å². The first-order valence-corrected chi connectivity index (χ1v) is 9.34. The van der Waals surface area contributed by atoms with E-state index in [1.165, 1.54) is 25.7 Å². The topological polar surface area (TPSA) is 45.5 Å². The van der Waals surface area contributed by atoms with Crippen molar-refractivity contribution in [2.75, 3.05) is 30.3 Å². The monoisotopic (exact) mass is 403 g/mol. The molecule has 0 aromatic heterocycles. The fourth-order valence-corrected chi connectivity index (χ4v) is 2.46. The van der Waals surface area contributed by atoms with Crippen molar-refractivity contribution in [3.05, 3.63) is 30.0 Å². The minimum atomic E-state index is 0. The van der Waals surface area contributed by atoms with Gasteiger partial charge in [0.15, 0.2) is 0 Å². The molecular formula is C18H30GeN2NaO2. The second kappa shape index (κ2) is 13.5. The maximum atomic E-state index is 7.74. The van der Waals surface area contributed by atoms with Crippen LogP contribution in [0.25, 0.3) is 5.73 Å². The van der Waals surface area contributed by atoms with Crippen molar-refractivity contribution < 1.29 is 39.0 Å². The van der Waals surface area contributed by atoms with Gasteiger partial charge in [-0.1, -0.05) is 0 Å². The summed E-state index contributed by atoms with van der Waals surface area (Å²) in [6.07, 6.45) is 5.11. The van der Waals surface area contributed by atoms with Gasteiger partial charge in [-0.3, -0.25) is 0 Å². The van der Waals surface area contributed by atoms with Gasteiger partial charge in [-0.2, -0.15) is 0 Å². The van der Waals surface area contributed by atoms with Crippen LogP contribution in [0.4, 0.5) is 11.4 Å². The van der Waals surface area contributed by atoms with Crippen LogP contribution < -0.4 is 33.4 Å². The van der Waals surface area contributed by atoms with Crippen molar-refractivity contribution in [1.82, 2.24) is 0 Å². The molecule has 0 bridgehead atoms. The van der Waals surface area contributed by atoms with Crippen molar-refractivity contribution in [2.24, 2.45) is 0 Å². The summed E-state index contributed by atoms with van der Waals surface area (Å²) in [5, 5.41) is 0. The molecule has 0 amide bonds. The third-order valence-corrected chi connectivity index (χ3v) is 5.38. The summed E-state index contributed by atoms with van der Waals surface area (Å²) < 4.78 is 12.0. The number of anilines is 1. The Morgan fingerprint density at radius 1 is 0.917 bits per heavy atom. The summed E-state index contributed by atoms with van der Waals surface area (Å²) in [7, 11) is 0. The van der Waals surface area contributed by atoms with Crippen molar-refractivity contribution in [3.8, 4) is 0 Å². The average Bonchev–Trinajstić information content (AvgIpc) is 3.24. The van der Waals surface area contributed by atoms with Crippen LogP contribution in [0.5, 0.6) is 0 Å². The first-order valence-electron chi connectivity index (χ1n) is 8.40. The summed E-state index contributed by atoms with van der Waals surface area (Å²) in [6, 6.07) is 7.66. The summed E-state index contributed by atoms with van der Waals surface area (Å²) >= 11 is 2.02. The molecule has 1 aromatic carbocycles. The number of rotatable bonds is 1. The minimum absolute atomic E-state index is 0. The Morgan fingerprint density at radius 2 is 1.33 bits per heavy atom. The molecule has 129 valence electrons. The minimum Gasteiger partial charge on any atom is 1.00 e. The van der Waals surface area contributed by atoms with E-state index >= 15 is 0 Å². The number of hydrogen-bond donors (Lipinski definition) is 0. The number of para-hydroxylation sites is 1. The SMILES string of the molecule is C1CCOC1.C1CCOC1.CC(C)(C)[N]([Ge])c1ccccc1[NH-].[Na+]. The van der Waals surface area contributed by atoms with Crippen LogP contribution in [-0.4, -0.2) is 48.7 Å². The maximum Gasteiger partial charge on any atom is 1.00 e. The number of ether oxygens (including phenoxy) is 2. The average molecular weight is 402 g/mol. The zero-order valence-electron chi connectivity index (χ0n) is 15.7. The molecule has 1 aromatic rings. The molecule has 1 N–H and O–H groups in total. The van der Waals surface area contributed by atoms with E-state index in [9.17, 15) is 0 Å². The van der Waals surface area contributed by atoms with E-state index in [4.69, 9.17) is 15.2 Å². The van der Waals surface area contributed by atoms with Gasteiger partial charge in [0.1, 0.15) is 0 Å². The smallest absolute Gasteiger partial charge is 1.00 e. The van der Waals surface area contributed by atoms with Gasteiger partial charge in [-0.25, -0.2) is 0 Å². The zero-order chi connectivity index (χ0) is 17.1. The standard InChI is InChI=1S/C10H14GeN2.2C4H8O.Na/c1-10(2,3)13(11)9-7-5-4-6-8(9)12;2*1-2-4-5-3-1;/h4-7,12H,1-3H3;2*1-4H2;/q-1;;;+1. The predicted molar refractivity (Wildman–Crippen MR) is 98.5 cm³/mol. The van der Waals surface area contributed by atoms with Crippen LogP contribution in [0, 0.1) is 0 Å². The molecule has 0 aliphatic carbocycles. The van der Waals surface area contributed by atoms with Crippen molar-refractivity contribution in [2.45, 2.75) is 52.0 Å². The maximum absolute atomic E-state index is 7.74. The van der Waals surface area contributed by atoms with Gasteiger partial charge >= 0.3 is 118 Å². The van der Waals surface area contributed by atoms with E-state index in [0.29, 0.717) is 5.69 Å². The van der Waals surface area contributed by atoms with Crippen LogP contribution in [0.3, 0.4) is 0 Å². The number of nitrogens with zero attached hydrogens (tertiary/aromatic N) is 1. The molecule has 0 spiro atoms. The Hall–Kier alpha value is 0.283. The molecule has 0 atom stereocenters. The van der Waals surface area contributed by atoms with Crippen LogP contribution >= 0.6 is 0 Å². The number of nitrogens with one attached hydrogen (secondary N) is 1. The molecule has 0 saturated carbocycles. The largest absolute Gasteiger partial charge is 1.00 e. The molecule has 2 aliphatic rings. The Labute approximate surface area is 178 Å². The Kier molecular flexibility index (Phi) is 13.6. The first kappa shape index (κ1) is 24.3. The van der Waals surface area contributed by atoms with Gasteiger partial charge in [0.25, 0.3) is 0 Å². The third-order valence-electron chi connectivity index (χ3n) is 3.47. The fraction of sp³-hybridized carbons (Fsp3) is 0.667. The van der Waals surface area contributed by atoms with Gasteiger partial charge in [-0.15, -0.1) is 0 Å². The van der Waals surface area contributed by atoms with Gasteiger partial charge in [0, 0.05) is 26.4 Å². The molecule has 6 heteroatoms. The van der Waals surface area contributed by atoms with Crippen LogP contribution in [-0.2, 0) is 9.47 Å². The third kappa shape index (κ3) is 10.3. The molecule has 24 heavy (non-hydrogen) atoms. The second-order valence-corrected chi connectivity index (χ2v) is 7.60. The van der Waals surface area contributed by atoms with Crippen molar-refractivity contribution in [1.29, 1.82) is 0 Å². The quantitative estimate of drug-likeness (QED) is 0.672. The molecule has 4 nitrogen and oxygen atoms in total. The van der Waals surface area contributed by atoms with E-state index in [-0.39, 0.29) is 35.1 Å².